The second kappa shape index (κ2) is 5.81. The van der Waals surface area contributed by atoms with Gasteiger partial charge in [-0.25, -0.2) is 9.50 Å². The predicted octanol–water partition coefficient (Wildman–Crippen LogP) is 4.16. The third-order valence-corrected chi connectivity index (χ3v) is 4.42. The predicted molar refractivity (Wildman–Crippen MR) is 93.2 cm³/mol. The van der Waals surface area contributed by atoms with E-state index >= 15 is 0 Å². The summed E-state index contributed by atoms with van der Waals surface area (Å²) in [5.41, 5.74) is 4.23. The molecular weight excluding hydrogens is 306 g/mol. The van der Waals surface area contributed by atoms with E-state index in [1.165, 1.54) is 16.9 Å². The van der Waals surface area contributed by atoms with Crippen LogP contribution < -0.4 is 5.32 Å². The highest BCUT2D eigenvalue weighted by atomic mass is 32.1. The first kappa shape index (κ1) is 13.9. The average molecular weight is 321 g/mol. The molecule has 0 radical (unpaired) electrons. The molecule has 0 aliphatic heterocycles. The van der Waals surface area contributed by atoms with Gasteiger partial charge in [0.1, 0.15) is 0 Å². The van der Waals surface area contributed by atoms with E-state index < -0.39 is 0 Å². The molecule has 4 aromatic rings. The first-order chi connectivity index (χ1) is 11.3. The minimum absolute atomic E-state index is 0.832. The monoisotopic (exact) mass is 321 g/mol. The van der Waals surface area contributed by atoms with Gasteiger partial charge in [0.25, 0.3) is 0 Å². The Morgan fingerprint density at radius 2 is 2.17 bits per heavy atom. The molecule has 5 nitrogen and oxygen atoms in total. The van der Waals surface area contributed by atoms with Crippen LogP contribution in [-0.2, 0) is 6.42 Å². The molecule has 0 amide bonds. The number of aromatic nitrogens is 4. The van der Waals surface area contributed by atoms with Crippen LogP contribution in [0.4, 0.5) is 10.8 Å². The van der Waals surface area contributed by atoms with E-state index in [1.807, 2.05) is 30.6 Å². The molecular formula is C17H15N5S. The van der Waals surface area contributed by atoms with Crippen molar-refractivity contribution in [2.75, 3.05) is 5.32 Å². The van der Waals surface area contributed by atoms with Gasteiger partial charge in [0.2, 0.25) is 10.1 Å². The molecule has 3 heterocycles. The van der Waals surface area contributed by atoms with Crippen LogP contribution in [-0.4, -0.2) is 19.6 Å². The highest BCUT2D eigenvalue weighted by Crippen LogP contribution is 2.26. The van der Waals surface area contributed by atoms with Gasteiger partial charge in [-0.15, -0.1) is 5.10 Å². The van der Waals surface area contributed by atoms with Gasteiger partial charge in [0, 0.05) is 23.6 Å². The molecule has 0 saturated carbocycles. The molecule has 23 heavy (non-hydrogen) atoms. The number of nitrogens with one attached hydrogen (secondary N) is 1. The fraction of sp³-hybridized carbons (Fsp3) is 0.118. The zero-order chi connectivity index (χ0) is 15.6. The molecule has 1 N–H and O–H groups in total. The lowest BCUT2D eigenvalue weighted by Crippen LogP contribution is -1.92. The maximum atomic E-state index is 4.62. The maximum Gasteiger partial charge on any atom is 0.214 e. The molecule has 4 rings (SSSR count). The topological polar surface area (TPSA) is 55.1 Å². The molecule has 0 atom stereocenters. The molecule has 0 unspecified atom stereocenters. The second-order valence-corrected chi connectivity index (χ2v) is 6.14. The van der Waals surface area contributed by atoms with Crippen LogP contribution in [0, 0.1) is 0 Å². The van der Waals surface area contributed by atoms with Crippen LogP contribution in [0.2, 0.25) is 0 Å². The third kappa shape index (κ3) is 2.80. The molecule has 0 saturated heterocycles. The summed E-state index contributed by atoms with van der Waals surface area (Å²) in [4.78, 5) is 9.60. The van der Waals surface area contributed by atoms with Crippen molar-refractivity contribution in [3.05, 3.63) is 60.6 Å². The van der Waals surface area contributed by atoms with Crippen LogP contribution in [0.5, 0.6) is 0 Å². The van der Waals surface area contributed by atoms with Gasteiger partial charge in [0.05, 0.1) is 11.9 Å². The molecule has 0 spiro atoms. The van der Waals surface area contributed by atoms with Gasteiger partial charge in [-0.3, -0.25) is 4.98 Å². The van der Waals surface area contributed by atoms with Crippen LogP contribution in [0.25, 0.3) is 16.2 Å². The highest BCUT2D eigenvalue weighted by molar-refractivity contribution is 7.20. The smallest absolute Gasteiger partial charge is 0.214 e. The summed E-state index contributed by atoms with van der Waals surface area (Å²) in [6.45, 7) is 2.15. The Hall–Kier alpha value is -2.73. The number of hydrogen-bond acceptors (Lipinski definition) is 5. The van der Waals surface area contributed by atoms with Gasteiger partial charge in [0.15, 0.2) is 0 Å². The summed E-state index contributed by atoms with van der Waals surface area (Å²) in [5.74, 6) is 0. The highest BCUT2D eigenvalue weighted by Gasteiger charge is 2.10. The standard InChI is InChI=1S/C17H15N5S/c1-2-12-5-3-7-14(9-12)19-16-21-22-11-15(20-17(22)23-16)13-6-4-8-18-10-13/h3-11H,2H2,1H3,(H,19,21). The number of hydrogen-bond donors (Lipinski definition) is 1. The van der Waals surface area contributed by atoms with E-state index in [4.69, 9.17) is 0 Å². The zero-order valence-corrected chi connectivity index (χ0v) is 13.4. The van der Waals surface area contributed by atoms with E-state index in [0.717, 1.165) is 33.5 Å². The van der Waals surface area contributed by atoms with Gasteiger partial charge in [-0.05, 0) is 36.2 Å². The molecule has 3 aromatic heterocycles. The first-order valence-corrected chi connectivity index (χ1v) is 8.26. The van der Waals surface area contributed by atoms with Crippen LogP contribution >= 0.6 is 11.3 Å². The number of anilines is 2. The first-order valence-electron chi connectivity index (χ1n) is 7.44. The molecule has 1 aromatic carbocycles. The van der Waals surface area contributed by atoms with E-state index in [0.29, 0.717) is 0 Å². The SMILES string of the molecule is CCc1cccc(Nc2nn3cc(-c4cccnc4)nc3s2)c1. The Morgan fingerprint density at radius 3 is 2.96 bits per heavy atom. The summed E-state index contributed by atoms with van der Waals surface area (Å²) in [5, 5.41) is 8.73. The Balaban J connectivity index is 1.61. The maximum absolute atomic E-state index is 4.62. The fourth-order valence-electron chi connectivity index (χ4n) is 2.40. The van der Waals surface area contributed by atoms with E-state index in [-0.39, 0.29) is 0 Å². The Bertz CT molecular complexity index is 910. The minimum atomic E-state index is 0.832. The van der Waals surface area contributed by atoms with E-state index in [9.17, 15) is 0 Å². The summed E-state index contributed by atoms with van der Waals surface area (Å²) in [7, 11) is 0. The van der Waals surface area contributed by atoms with Crippen LogP contribution in [0.15, 0.2) is 55.0 Å². The minimum Gasteiger partial charge on any atom is -0.330 e. The van der Waals surface area contributed by atoms with E-state index in [1.54, 1.807) is 10.7 Å². The lowest BCUT2D eigenvalue weighted by atomic mass is 10.1. The van der Waals surface area contributed by atoms with Gasteiger partial charge in [-0.1, -0.05) is 30.4 Å². The van der Waals surface area contributed by atoms with Gasteiger partial charge < -0.3 is 5.32 Å². The Kier molecular flexibility index (Phi) is 3.51. The quantitative estimate of drug-likeness (QED) is 0.613. The molecule has 114 valence electrons. The number of fused-ring (bicyclic) bond motifs is 1. The van der Waals surface area contributed by atoms with Crippen molar-refractivity contribution < 1.29 is 0 Å². The van der Waals surface area contributed by atoms with Crippen molar-refractivity contribution in [3.63, 3.8) is 0 Å². The van der Waals surface area contributed by atoms with Crippen molar-refractivity contribution in [3.8, 4) is 11.3 Å². The summed E-state index contributed by atoms with van der Waals surface area (Å²) in [6, 6.07) is 12.3. The lowest BCUT2D eigenvalue weighted by molar-refractivity contribution is 0.978. The normalized spacial score (nSPS) is 11.0. The molecule has 6 heteroatoms. The second-order valence-electron chi connectivity index (χ2n) is 5.18. The Morgan fingerprint density at radius 1 is 1.22 bits per heavy atom. The van der Waals surface area contributed by atoms with Gasteiger partial charge >= 0.3 is 0 Å². The number of imidazole rings is 1. The van der Waals surface area contributed by atoms with E-state index in [2.05, 4.69) is 45.5 Å². The number of pyridine rings is 1. The number of rotatable bonds is 4. The number of nitrogens with zero attached hydrogens (tertiary/aromatic N) is 4. The van der Waals surface area contributed by atoms with Gasteiger partial charge in [-0.2, -0.15) is 0 Å². The van der Waals surface area contributed by atoms with Crippen LogP contribution in [0.3, 0.4) is 0 Å². The summed E-state index contributed by atoms with van der Waals surface area (Å²) < 4.78 is 1.80. The molecule has 0 bridgehead atoms. The van der Waals surface area contributed by atoms with Crippen LogP contribution in [0.1, 0.15) is 12.5 Å². The number of benzene rings is 1. The molecule has 0 aliphatic rings. The Labute approximate surface area is 137 Å². The lowest BCUT2D eigenvalue weighted by Gasteiger charge is -2.03. The van der Waals surface area contributed by atoms with Crippen molar-refractivity contribution in [2.45, 2.75) is 13.3 Å². The summed E-state index contributed by atoms with van der Waals surface area (Å²) in [6.07, 6.45) is 6.51. The van der Waals surface area contributed by atoms with Crippen molar-refractivity contribution in [2.24, 2.45) is 0 Å². The van der Waals surface area contributed by atoms with Crippen molar-refractivity contribution in [1.82, 2.24) is 19.6 Å². The third-order valence-electron chi connectivity index (χ3n) is 3.59. The van der Waals surface area contributed by atoms with Crippen molar-refractivity contribution in [1.29, 1.82) is 0 Å². The molecule has 0 aliphatic carbocycles. The fourth-order valence-corrected chi connectivity index (χ4v) is 3.20. The van der Waals surface area contributed by atoms with Crippen molar-refractivity contribution >= 4 is 27.1 Å². The largest absolute Gasteiger partial charge is 0.330 e. The summed E-state index contributed by atoms with van der Waals surface area (Å²) >= 11 is 1.53. The zero-order valence-electron chi connectivity index (χ0n) is 12.6. The molecule has 0 fully saturated rings. The number of aryl methyl sites for hydroxylation is 1. The average Bonchev–Trinajstić information content (AvgIpc) is 3.14.